The number of ether oxygens (including phenoxy) is 1. The zero-order chi connectivity index (χ0) is 8.65. The fourth-order valence-electron chi connectivity index (χ4n) is 1.06. The molecule has 6 heteroatoms. The van der Waals surface area contributed by atoms with Crippen molar-refractivity contribution in [2.24, 2.45) is 0 Å². The van der Waals surface area contributed by atoms with Gasteiger partial charge in [0, 0.05) is 0 Å². The summed E-state index contributed by atoms with van der Waals surface area (Å²) in [5.41, 5.74) is 0. The molecular weight excluding hydrogens is 157 g/mol. The normalized spacial score (nSPS) is 42.7. The Balaban J connectivity index is 2.71. The first kappa shape index (κ1) is 8.90. The van der Waals surface area contributed by atoms with Gasteiger partial charge in [-0.25, -0.2) is 8.78 Å². The zero-order valence-corrected chi connectivity index (χ0v) is 6.00. The number of aliphatic hydroxyl groups is 2. The molecule has 0 aromatic carbocycles. The number of alkyl halides is 2. The van der Waals surface area contributed by atoms with Gasteiger partial charge in [-0.1, -0.05) is 0 Å². The second kappa shape index (κ2) is 2.69. The lowest BCUT2D eigenvalue weighted by atomic mass is 9.92. The van der Waals surface area contributed by atoms with Gasteiger partial charge in [0.15, 0.2) is 0 Å². The molecule has 0 amide bonds. The van der Waals surface area contributed by atoms with Gasteiger partial charge in [0.25, 0.3) is 5.92 Å². The van der Waals surface area contributed by atoms with Gasteiger partial charge in [-0.3, -0.25) is 0 Å². The molecule has 11 heavy (non-hydrogen) atoms. The van der Waals surface area contributed by atoms with Crippen LogP contribution in [-0.2, 0) is 4.74 Å². The summed E-state index contributed by atoms with van der Waals surface area (Å²) in [4.78, 5) is 0. The summed E-state index contributed by atoms with van der Waals surface area (Å²) >= 11 is 0. The molecule has 1 aliphatic heterocycles. The van der Waals surface area contributed by atoms with Gasteiger partial charge in [0.1, 0.15) is 20.1 Å². The van der Waals surface area contributed by atoms with E-state index in [1.807, 2.05) is 0 Å². The van der Waals surface area contributed by atoms with E-state index in [2.05, 4.69) is 4.74 Å². The number of hydrogen-bond acceptors (Lipinski definition) is 3. The van der Waals surface area contributed by atoms with E-state index in [1.54, 1.807) is 0 Å². The molecule has 1 rings (SSSR count). The molecule has 1 aliphatic rings. The first-order valence-electron chi connectivity index (χ1n) is 3.32. The Morgan fingerprint density at radius 1 is 1.55 bits per heavy atom. The fraction of sp³-hybridized carbons (Fsp3) is 1.00. The van der Waals surface area contributed by atoms with E-state index in [0.717, 1.165) is 0 Å². The largest absolute Gasteiger partial charge is 0.394 e. The molecule has 0 aromatic heterocycles. The van der Waals surface area contributed by atoms with Crippen LogP contribution < -0.4 is 0 Å². The van der Waals surface area contributed by atoms with Crippen LogP contribution in [0.1, 0.15) is 0 Å². The minimum atomic E-state index is -3.24. The molecule has 64 valence electrons. The van der Waals surface area contributed by atoms with E-state index in [9.17, 15) is 8.78 Å². The van der Waals surface area contributed by atoms with Crippen LogP contribution >= 0.6 is 0 Å². The maximum atomic E-state index is 12.7. The van der Waals surface area contributed by atoms with Crippen LogP contribution in [0.2, 0.25) is 0 Å². The average Bonchev–Trinajstić information content (AvgIpc) is 2.14. The number of hydrogen-bond donors (Lipinski definition) is 2. The zero-order valence-electron chi connectivity index (χ0n) is 6.00. The van der Waals surface area contributed by atoms with Crippen molar-refractivity contribution in [1.82, 2.24) is 0 Å². The van der Waals surface area contributed by atoms with Crippen molar-refractivity contribution < 1.29 is 23.7 Å². The highest BCUT2D eigenvalue weighted by Gasteiger charge is 2.55. The second-order valence-electron chi connectivity index (χ2n) is 2.62. The quantitative estimate of drug-likeness (QED) is 0.458. The van der Waals surface area contributed by atoms with Crippen LogP contribution in [0.3, 0.4) is 0 Å². The minimum absolute atomic E-state index is 0.582. The lowest BCUT2D eigenvalue weighted by Gasteiger charge is -2.16. The van der Waals surface area contributed by atoms with Gasteiger partial charge < -0.3 is 14.9 Å². The van der Waals surface area contributed by atoms with Crippen molar-refractivity contribution in [3.63, 3.8) is 0 Å². The molecule has 3 nitrogen and oxygen atoms in total. The van der Waals surface area contributed by atoms with Gasteiger partial charge >= 0.3 is 0 Å². The Hall–Kier alpha value is -0.195. The predicted octanol–water partition coefficient (Wildman–Crippen LogP) is -1.67. The molecule has 1 unspecified atom stereocenters. The van der Waals surface area contributed by atoms with Crippen molar-refractivity contribution in [3.8, 4) is 0 Å². The standard InChI is InChI=1S/C5H9BF2O3/c6-4-5(7,8)3(10)2(1-9)11-4/h2-4,9-10H,1,6H2/t2-,3?,4-/m1/s1. The highest BCUT2D eigenvalue weighted by atomic mass is 19.3. The summed E-state index contributed by atoms with van der Waals surface area (Å²) in [5.74, 6) is -3.24. The molecule has 0 spiro atoms. The maximum absolute atomic E-state index is 12.7. The van der Waals surface area contributed by atoms with E-state index in [0.29, 0.717) is 0 Å². The van der Waals surface area contributed by atoms with Crippen molar-refractivity contribution in [2.75, 3.05) is 6.61 Å². The molecule has 0 aliphatic carbocycles. The Bertz CT molecular complexity index is 155. The van der Waals surface area contributed by atoms with Gasteiger partial charge in [-0.15, -0.1) is 0 Å². The van der Waals surface area contributed by atoms with Crippen LogP contribution in [0, 0.1) is 0 Å². The van der Waals surface area contributed by atoms with Crippen LogP contribution in [0.15, 0.2) is 0 Å². The molecule has 0 radical (unpaired) electrons. The number of rotatable bonds is 1. The van der Waals surface area contributed by atoms with Crippen LogP contribution in [0.4, 0.5) is 8.78 Å². The molecule has 1 saturated heterocycles. The minimum Gasteiger partial charge on any atom is -0.394 e. The molecular formula is C5H9BF2O3. The molecule has 0 aromatic rings. The Morgan fingerprint density at radius 2 is 2.09 bits per heavy atom. The first-order chi connectivity index (χ1) is 5.00. The molecule has 0 saturated carbocycles. The number of aliphatic hydroxyl groups excluding tert-OH is 2. The average molecular weight is 166 g/mol. The molecule has 0 bridgehead atoms. The fourth-order valence-corrected chi connectivity index (χ4v) is 1.06. The second-order valence-corrected chi connectivity index (χ2v) is 2.62. The van der Waals surface area contributed by atoms with E-state index >= 15 is 0 Å². The van der Waals surface area contributed by atoms with Crippen molar-refractivity contribution in [1.29, 1.82) is 0 Å². The maximum Gasteiger partial charge on any atom is 0.293 e. The van der Waals surface area contributed by atoms with Crippen LogP contribution in [0.5, 0.6) is 0 Å². The topological polar surface area (TPSA) is 49.7 Å². The van der Waals surface area contributed by atoms with Crippen LogP contribution in [-0.4, -0.2) is 48.8 Å². The monoisotopic (exact) mass is 166 g/mol. The Morgan fingerprint density at radius 3 is 2.27 bits per heavy atom. The molecule has 1 fully saturated rings. The Kier molecular flexibility index (Phi) is 2.18. The third-order valence-electron chi connectivity index (χ3n) is 1.85. The van der Waals surface area contributed by atoms with E-state index < -0.39 is 30.7 Å². The lowest BCUT2D eigenvalue weighted by molar-refractivity contribution is -0.0917. The smallest absolute Gasteiger partial charge is 0.293 e. The highest BCUT2D eigenvalue weighted by Crippen LogP contribution is 2.34. The predicted molar refractivity (Wildman–Crippen MR) is 35.2 cm³/mol. The molecule has 1 heterocycles. The Labute approximate surface area is 63.4 Å². The third-order valence-corrected chi connectivity index (χ3v) is 1.85. The summed E-state index contributed by atoms with van der Waals surface area (Å²) in [6.07, 6.45) is -3.04. The summed E-state index contributed by atoms with van der Waals surface area (Å²) in [6, 6.07) is -1.32. The third kappa shape index (κ3) is 1.26. The molecule has 3 atom stereocenters. The van der Waals surface area contributed by atoms with Gasteiger partial charge in [0.05, 0.1) is 12.6 Å². The van der Waals surface area contributed by atoms with E-state index in [1.165, 1.54) is 7.85 Å². The van der Waals surface area contributed by atoms with Crippen molar-refractivity contribution in [2.45, 2.75) is 24.1 Å². The summed E-state index contributed by atoms with van der Waals surface area (Å²) in [6.45, 7) is -0.582. The van der Waals surface area contributed by atoms with Crippen LogP contribution in [0.25, 0.3) is 0 Å². The van der Waals surface area contributed by atoms with E-state index in [-0.39, 0.29) is 0 Å². The van der Waals surface area contributed by atoms with Gasteiger partial charge in [0.2, 0.25) is 0 Å². The summed E-state index contributed by atoms with van der Waals surface area (Å²) in [5, 5.41) is 17.3. The highest BCUT2D eigenvalue weighted by molar-refractivity contribution is 6.12. The van der Waals surface area contributed by atoms with Crippen molar-refractivity contribution >= 4 is 7.85 Å². The van der Waals surface area contributed by atoms with E-state index in [4.69, 9.17) is 10.2 Å². The first-order valence-corrected chi connectivity index (χ1v) is 3.32. The summed E-state index contributed by atoms with van der Waals surface area (Å²) in [7, 11) is 1.17. The molecule has 2 N–H and O–H groups in total. The van der Waals surface area contributed by atoms with Gasteiger partial charge in [-0.05, 0) is 0 Å². The van der Waals surface area contributed by atoms with Gasteiger partial charge in [-0.2, -0.15) is 0 Å². The van der Waals surface area contributed by atoms with Crippen molar-refractivity contribution in [3.05, 3.63) is 0 Å². The summed E-state index contributed by atoms with van der Waals surface area (Å²) < 4.78 is 30.0. The SMILES string of the molecule is B[C@@H]1O[C@H](CO)C(O)C1(F)F. The number of halogens is 2. The lowest BCUT2D eigenvalue weighted by Crippen LogP contribution is -2.40.